The van der Waals surface area contributed by atoms with E-state index in [4.69, 9.17) is 0 Å². The number of nitrogens with one attached hydrogen (secondary N) is 1. The molecule has 0 saturated carbocycles. The third-order valence-corrected chi connectivity index (χ3v) is 3.96. The van der Waals surface area contributed by atoms with Crippen molar-refractivity contribution in [3.63, 3.8) is 0 Å². The largest absolute Gasteiger partial charge is 0.317 e. The highest BCUT2D eigenvalue weighted by molar-refractivity contribution is 9.10. The molecular formula is C13H19BrClFN2. The Morgan fingerprint density at radius 1 is 1.39 bits per heavy atom. The summed E-state index contributed by atoms with van der Waals surface area (Å²) in [5.41, 5.74) is 1.15. The number of nitrogens with zero attached hydrogens (tertiary/aromatic N) is 1. The second kappa shape index (κ2) is 7.43. The minimum Gasteiger partial charge on any atom is -0.317 e. The van der Waals surface area contributed by atoms with Gasteiger partial charge in [0.15, 0.2) is 0 Å². The van der Waals surface area contributed by atoms with Gasteiger partial charge in [0, 0.05) is 12.6 Å². The zero-order chi connectivity index (χ0) is 12.3. The SMILES string of the molecule is CN(Cc1ccc(F)c(Br)c1)C1CCNCC1.Cl. The first-order valence-corrected chi connectivity index (χ1v) is 6.81. The smallest absolute Gasteiger partial charge is 0.137 e. The van der Waals surface area contributed by atoms with Gasteiger partial charge in [-0.1, -0.05) is 6.07 Å². The molecule has 0 bridgehead atoms. The van der Waals surface area contributed by atoms with Gasteiger partial charge >= 0.3 is 0 Å². The maximum Gasteiger partial charge on any atom is 0.137 e. The van der Waals surface area contributed by atoms with E-state index in [1.807, 2.05) is 12.1 Å². The average molecular weight is 338 g/mol. The lowest BCUT2D eigenvalue weighted by molar-refractivity contribution is 0.191. The topological polar surface area (TPSA) is 15.3 Å². The molecule has 102 valence electrons. The standard InChI is InChI=1S/C13H18BrFN2.ClH/c1-17(11-4-6-16-7-5-11)9-10-2-3-13(15)12(14)8-10;/h2-3,8,11,16H,4-7,9H2,1H3;1H. The second-order valence-corrected chi connectivity index (χ2v) is 5.50. The van der Waals surface area contributed by atoms with Gasteiger partial charge in [0.05, 0.1) is 4.47 Å². The van der Waals surface area contributed by atoms with Gasteiger partial charge in [-0.3, -0.25) is 4.90 Å². The lowest BCUT2D eigenvalue weighted by atomic mass is 10.0. The number of piperidine rings is 1. The molecule has 5 heteroatoms. The minimum atomic E-state index is -0.196. The molecule has 0 spiro atoms. The van der Waals surface area contributed by atoms with E-state index >= 15 is 0 Å². The monoisotopic (exact) mass is 336 g/mol. The molecule has 2 nitrogen and oxygen atoms in total. The van der Waals surface area contributed by atoms with Crippen molar-refractivity contribution in [2.45, 2.75) is 25.4 Å². The Morgan fingerprint density at radius 3 is 2.67 bits per heavy atom. The van der Waals surface area contributed by atoms with E-state index in [0.29, 0.717) is 10.5 Å². The molecular weight excluding hydrogens is 319 g/mol. The number of hydrogen-bond acceptors (Lipinski definition) is 2. The fourth-order valence-corrected chi connectivity index (χ4v) is 2.73. The minimum absolute atomic E-state index is 0. The quantitative estimate of drug-likeness (QED) is 0.911. The normalized spacial score (nSPS) is 16.7. The maximum absolute atomic E-state index is 13.1. The second-order valence-electron chi connectivity index (χ2n) is 4.64. The number of rotatable bonds is 3. The summed E-state index contributed by atoms with van der Waals surface area (Å²) in [5.74, 6) is -0.196. The fourth-order valence-electron chi connectivity index (χ4n) is 2.30. The van der Waals surface area contributed by atoms with Crippen LogP contribution in [0.5, 0.6) is 0 Å². The van der Waals surface area contributed by atoms with Crippen LogP contribution in [0.25, 0.3) is 0 Å². The van der Waals surface area contributed by atoms with E-state index in [9.17, 15) is 4.39 Å². The molecule has 0 unspecified atom stereocenters. The van der Waals surface area contributed by atoms with Crippen LogP contribution in [0.4, 0.5) is 4.39 Å². The van der Waals surface area contributed by atoms with Crippen LogP contribution in [0.3, 0.4) is 0 Å². The molecule has 0 radical (unpaired) electrons. The zero-order valence-corrected chi connectivity index (χ0v) is 12.9. The maximum atomic E-state index is 13.1. The molecule has 1 aliphatic heterocycles. The third kappa shape index (κ3) is 4.19. The molecule has 1 saturated heterocycles. The number of halogens is 3. The van der Waals surface area contributed by atoms with Crippen molar-refractivity contribution in [3.8, 4) is 0 Å². The summed E-state index contributed by atoms with van der Waals surface area (Å²) in [6.45, 7) is 3.08. The van der Waals surface area contributed by atoms with Crippen molar-refractivity contribution in [1.82, 2.24) is 10.2 Å². The van der Waals surface area contributed by atoms with Crippen LogP contribution < -0.4 is 5.32 Å². The van der Waals surface area contributed by atoms with Crippen molar-refractivity contribution in [2.24, 2.45) is 0 Å². The highest BCUT2D eigenvalue weighted by Crippen LogP contribution is 2.19. The molecule has 1 aliphatic rings. The van der Waals surface area contributed by atoms with Crippen molar-refractivity contribution in [1.29, 1.82) is 0 Å². The predicted octanol–water partition coefficient (Wildman–Crippen LogP) is 3.19. The van der Waals surface area contributed by atoms with Gasteiger partial charge in [0.25, 0.3) is 0 Å². The summed E-state index contributed by atoms with van der Waals surface area (Å²) in [7, 11) is 2.15. The van der Waals surface area contributed by atoms with Crippen molar-refractivity contribution < 1.29 is 4.39 Å². The van der Waals surface area contributed by atoms with Crippen LogP contribution in [-0.2, 0) is 6.54 Å². The molecule has 1 aromatic rings. The van der Waals surface area contributed by atoms with E-state index in [1.54, 1.807) is 0 Å². The summed E-state index contributed by atoms with van der Waals surface area (Å²) >= 11 is 3.23. The fraction of sp³-hybridized carbons (Fsp3) is 0.538. The molecule has 1 heterocycles. The van der Waals surface area contributed by atoms with Crippen LogP contribution in [-0.4, -0.2) is 31.1 Å². The van der Waals surface area contributed by atoms with E-state index in [0.717, 1.165) is 25.2 Å². The Labute approximate surface area is 122 Å². The van der Waals surface area contributed by atoms with Gasteiger partial charge in [-0.2, -0.15) is 0 Å². The molecule has 0 amide bonds. The van der Waals surface area contributed by atoms with E-state index in [2.05, 4.69) is 33.2 Å². The van der Waals surface area contributed by atoms with Gasteiger partial charge in [0.1, 0.15) is 5.82 Å². The Balaban J connectivity index is 0.00000162. The average Bonchev–Trinajstić information content (AvgIpc) is 2.35. The van der Waals surface area contributed by atoms with Gasteiger partial charge in [-0.25, -0.2) is 4.39 Å². The van der Waals surface area contributed by atoms with E-state index < -0.39 is 0 Å². The van der Waals surface area contributed by atoms with Crippen LogP contribution >= 0.6 is 28.3 Å². The first-order chi connectivity index (χ1) is 8.16. The number of hydrogen-bond donors (Lipinski definition) is 1. The van der Waals surface area contributed by atoms with E-state index in [-0.39, 0.29) is 18.2 Å². The Bertz CT molecular complexity index is 383. The predicted molar refractivity (Wildman–Crippen MR) is 78.7 cm³/mol. The van der Waals surface area contributed by atoms with Crippen molar-refractivity contribution >= 4 is 28.3 Å². The van der Waals surface area contributed by atoms with Crippen molar-refractivity contribution in [2.75, 3.05) is 20.1 Å². The van der Waals surface area contributed by atoms with Gasteiger partial charge in [0.2, 0.25) is 0 Å². The molecule has 1 N–H and O–H groups in total. The summed E-state index contributed by atoms with van der Waals surface area (Å²) in [4.78, 5) is 2.36. The first kappa shape index (κ1) is 15.9. The Hall–Kier alpha value is -0.160. The summed E-state index contributed by atoms with van der Waals surface area (Å²) in [5, 5.41) is 3.37. The highest BCUT2D eigenvalue weighted by atomic mass is 79.9. The van der Waals surface area contributed by atoms with Crippen LogP contribution in [0.1, 0.15) is 18.4 Å². The van der Waals surface area contributed by atoms with Crippen LogP contribution in [0.15, 0.2) is 22.7 Å². The van der Waals surface area contributed by atoms with Gasteiger partial charge in [-0.15, -0.1) is 12.4 Å². The van der Waals surface area contributed by atoms with Crippen LogP contribution in [0, 0.1) is 5.82 Å². The van der Waals surface area contributed by atoms with Gasteiger partial charge in [-0.05, 0) is 66.6 Å². The molecule has 2 rings (SSSR count). The lowest BCUT2D eigenvalue weighted by Crippen LogP contribution is -2.40. The summed E-state index contributed by atoms with van der Waals surface area (Å²) in [6.07, 6.45) is 2.39. The molecule has 18 heavy (non-hydrogen) atoms. The van der Waals surface area contributed by atoms with Gasteiger partial charge < -0.3 is 5.32 Å². The Morgan fingerprint density at radius 2 is 2.06 bits per heavy atom. The summed E-state index contributed by atoms with van der Waals surface area (Å²) in [6, 6.07) is 5.89. The number of benzene rings is 1. The first-order valence-electron chi connectivity index (χ1n) is 6.01. The molecule has 0 aromatic heterocycles. The summed E-state index contributed by atoms with van der Waals surface area (Å²) < 4.78 is 13.7. The van der Waals surface area contributed by atoms with E-state index in [1.165, 1.54) is 18.9 Å². The highest BCUT2D eigenvalue weighted by Gasteiger charge is 2.17. The molecule has 1 aromatic carbocycles. The van der Waals surface area contributed by atoms with Crippen molar-refractivity contribution in [3.05, 3.63) is 34.1 Å². The molecule has 0 aliphatic carbocycles. The third-order valence-electron chi connectivity index (χ3n) is 3.35. The molecule has 1 fully saturated rings. The Kier molecular flexibility index (Phi) is 6.57. The molecule has 0 atom stereocenters. The zero-order valence-electron chi connectivity index (χ0n) is 10.5. The van der Waals surface area contributed by atoms with Crippen LogP contribution in [0.2, 0.25) is 0 Å². The lowest BCUT2D eigenvalue weighted by Gasteiger charge is -2.31.